The molecule has 0 aliphatic rings. The van der Waals surface area contributed by atoms with Gasteiger partial charge in [-0.3, -0.25) is 14.3 Å². The van der Waals surface area contributed by atoms with Crippen molar-refractivity contribution in [3.8, 4) is 5.69 Å². The molecule has 0 saturated carbocycles. The minimum atomic E-state index is -0.748. The molecule has 0 aliphatic heterocycles. The van der Waals surface area contributed by atoms with E-state index in [1.807, 2.05) is 6.92 Å². The van der Waals surface area contributed by atoms with E-state index in [4.69, 9.17) is 0 Å². The van der Waals surface area contributed by atoms with Crippen molar-refractivity contribution in [2.75, 3.05) is 0 Å². The third-order valence-electron chi connectivity index (χ3n) is 2.46. The molecule has 0 bridgehead atoms. The van der Waals surface area contributed by atoms with Gasteiger partial charge in [-0.25, -0.2) is 4.39 Å². The van der Waals surface area contributed by atoms with Crippen LogP contribution in [0.15, 0.2) is 35.4 Å². The number of halogens is 1. The van der Waals surface area contributed by atoms with Crippen LogP contribution >= 0.6 is 0 Å². The van der Waals surface area contributed by atoms with Crippen LogP contribution in [0.25, 0.3) is 5.69 Å². The molecule has 2 aromatic heterocycles. The van der Waals surface area contributed by atoms with E-state index in [-0.39, 0.29) is 0 Å². The predicted molar refractivity (Wildman–Crippen MR) is 59.3 cm³/mol. The highest BCUT2D eigenvalue weighted by molar-refractivity contribution is 5.39. The van der Waals surface area contributed by atoms with Crippen LogP contribution in [-0.2, 0) is 0 Å². The molecule has 0 unspecified atom stereocenters. The molecule has 0 aliphatic carbocycles. The molecule has 2 aromatic rings. The van der Waals surface area contributed by atoms with Crippen LogP contribution in [-0.4, -0.2) is 9.55 Å². The lowest BCUT2D eigenvalue weighted by atomic mass is 10.2. The van der Waals surface area contributed by atoms with Crippen molar-refractivity contribution in [1.82, 2.24) is 9.55 Å². The zero-order chi connectivity index (χ0) is 11.7. The van der Waals surface area contributed by atoms with Crippen molar-refractivity contribution in [2.24, 2.45) is 0 Å². The van der Waals surface area contributed by atoms with Crippen LogP contribution in [0.4, 0.5) is 4.39 Å². The maximum absolute atomic E-state index is 13.2. The van der Waals surface area contributed by atoms with Gasteiger partial charge in [0.05, 0.1) is 5.69 Å². The molecule has 0 atom stereocenters. The van der Waals surface area contributed by atoms with Crippen LogP contribution in [0.2, 0.25) is 0 Å². The van der Waals surface area contributed by atoms with Crippen molar-refractivity contribution in [2.45, 2.75) is 13.8 Å². The average molecular weight is 218 g/mol. The molecule has 16 heavy (non-hydrogen) atoms. The van der Waals surface area contributed by atoms with Crippen LogP contribution in [0.3, 0.4) is 0 Å². The first kappa shape index (κ1) is 10.5. The Morgan fingerprint density at radius 3 is 2.69 bits per heavy atom. The average Bonchev–Trinajstić information content (AvgIpc) is 2.27. The summed E-state index contributed by atoms with van der Waals surface area (Å²) in [6.07, 6.45) is 3.23. The van der Waals surface area contributed by atoms with Gasteiger partial charge in [-0.1, -0.05) is 0 Å². The van der Waals surface area contributed by atoms with Crippen LogP contribution in [0, 0.1) is 19.7 Å². The van der Waals surface area contributed by atoms with Crippen molar-refractivity contribution in [1.29, 1.82) is 0 Å². The summed E-state index contributed by atoms with van der Waals surface area (Å²) in [6.45, 7) is 3.60. The van der Waals surface area contributed by atoms with Gasteiger partial charge >= 0.3 is 0 Å². The Kier molecular flexibility index (Phi) is 2.56. The van der Waals surface area contributed by atoms with Crippen LogP contribution in [0.5, 0.6) is 0 Å². The van der Waals surface area contributed by atoms with Gasteiger partial charge in [0.1, 0.15) is 0 Å². The highest BCUT2D eigenvalue weighted by Gasteiger charge is 2.09. The van der Waals surface area contributed by atoms with Gasteiger partial charge in [0, 0.05) is 18.1 Å². The molecule has 3 nitrogen and oxygen atoms in total. The summed E-state index contributed by atoms with van der Waals surface area (Å²) in [4.78, 5) is 15.7. The lowest BCUT2D eigenvalue weighted by Gasteiger charge is -2.11. The van der Waals surface area contributed by atoms with Gasteiger partial charge in [-0.2, -0.15) is 0 Å². The predicted octanol–water partition coefficient (Wildman–Crippen LogP) is 1.99. The summed E-state index contributed by atoms with van der Waals surface area (Å²) in [5, 5.41) is 0. The Morgan fingerprint density at radius 2 is 2.00 bits per heavy atom. The molecule has 82 valence electrons. The van der Waals surface area contributed by atoms with Crippen molar-refractivity contribution in [3.63, 3.8) is 0 Å². The number of aromatic nitrogens is 2. The van der Waals surface area contributed by atoms with E-state index in [1.165, 1.54) is 10.6 Å². The Hall–Kier alpha value is -1.97. The molecule has 0 aromatic carbocycles. The largest absolute Gasteiger partial charge is 0.291 e. The first-order valence-electron chi connectivity index (χ1n) is 4.90. The summed E-state index contributed by atoms with van der Waals surface area (Å²) in [5.41, 5.74) is 1.56. The molecular weight excluding hydrogens is 207 g/mol. The fourth-order valence-corrected chi connectivity index (χ4v) is 1.62. The van der Waals surface area contributed by atoms with Crippen LogP contribution in [0.1, 0.15) is 11.3 Å². The number of nitrogens with zero attached hydrogens (tertiary/aromatic N) is 2. The summed E-state index contributed by atoms with van der Waals surface area (Å²) < 4.78 is 14.6. The molecule has 0 fully saturated rings. The van der Waals surface area contributed by atoms with Crippen molar-refractivity contribution >= 4 is 0 Å². The molecule has 0 N–H and O–H groups in total. The van der Waals surface area contributed by atoms with Gasteiger partial charge in [-0.15, -0.1) is 0 Å². The van der Waals surface area contributed by atoms with Crippen molar-refractivity contribution in [3.05, 3.63) is 58.0 Å². The smallest absolute Gasteiger partial charge is 0.279 e. The van der Waals surface area contributed by atoms with Crippen LogP contribution < -0.4 is 5.56 Å². The van der Waals surface area contributed by atoms with E-state index in [2.05, 4.69) is 4.98 Å². The summed E-state index contributed by atoms with van der Waals surface area (Å²) in [6, 6.07) is 4.46. The second-order valence-corrected chi connectivity index (χ2v) is 3.63. The van der Waals surface area contributed by atoms with E-state index in [0.29, 0.717) is 11.4 Å². The van der Waals surface area contributed by atoms with E-state index >= 15 is 0 Å². The normalized spacial score (nSPS) is 10.4. The van der Waals surface area contributed by atoms with E-state index < -0.39 is 11.4 Å². The third kappa shape index (κ3) is 1.62. The van der Waals surface area contributed by atoms with E-state index in [9.17, 15) is 9.18 Å². The molecule has 0 saturated heterocycles. The summed E-state index contributed by atoms with van der Waals surface area (Å²) >= 11 is 0. The quantitative estimate of drug-likeness (QED) is 0.733. The third-order valence-corrected chi connectivity index (χ3v) is 2.46. The summed E-state index contributed by atoms with van der Waals surface area (Å²) in [7, 11) is 0. The topological polar surface area (TPSA) is 34.9 Å². The second kappa shape index (κ2) is 3.89. The van der Waals surface area contributed by atoms with Crippen molar-refractivity contribution < 1.29 is 4.39 Å². The first-order valence-corrected chi connectivity index (χ1v) is 4.90. The molecule has 4 heteroatoms. The lowest BCUT2D eigenvalue weighted by molar-refractivity contribution is 0.596. The zero-order valence-corrected chi connectivity index (χ0v) is 9.07. The first-order chi connectivity index (χ1) is 7.61. The number of pyridine rings is 2. The molecular formula is C12H11FN2O. The monoisotopic (exact) mass is 218 g/mol. The minimum absolute atomic E-state index is 0.630. The fraction of sp³-hybridized carbons (Fsp3) is 0.167. The van der Waals surface area contributed by atoms with E-state index in [0.717, 1.165) is 5.56 Å². The van der Waals surface area contributed by atoms with Gasteiger partial charge in [0.15, 0.2) is 5.82 Å². The van der Waals surface area contributed by atoms with Gasteiger partial charge in [0.2, 0.25) is 0 Å². The number of rotatable bonds is 1. The number of aryl methyl sites for hydroxylation is 2. The number of hydrogen-bond donors (Lipinski definition) is 0. The maximum Gasteiger partial charge on any atom is 0.291 e. The minimum Gasteiger partial charge on any atom is -0.279 e. The lowest BCUT2D eigenvalue weighted by Crippen LogP contribution is -2.23. The molecule has 0 spiro atoms. The fourth-order valence-electron chi connectivity index (χ4n) is 1.62. The van der Waals surface area contributed by atoms with Gasteiger partial charge < -0.3 is 0 Å². The Balaban J connectivity index is 2.79. The highest BCUT2D eigenvalue weighted by atomic mass is 19.1. The van der Waals surface area contributed by atoms with Gasteiger partial charge in [0.25, 0.3) is 5.56 Å². The maximum atomic E-state index is 13.2. The number of hydrogen-bond acceptors (Lipinski definition) is 2. The van der Waals surface area contributed by atoms with E-state index in [1.54, 1.807) is 31.5 Å². The molecule has 2 heterocycles. The molecule has 0 amide bonds. The highest BCUT2D eigenvalue weighted by Crippen LogP contribution is 2.12. The Morgan fingerprint density at radius 1 is 1.25 bits per heavy atom. The summed E-state index contributed by atoms with van der Waals surface area (Å²) in [5.74, 6) is -0.748. The SMILES string of the molecule is Cc1cnccc1-n1c(C)ccc(F)c1=O. The molecule has 0 radical (unpaired) electrons. The Bertz CT molecular complexity index is 590. The Labute approximate surface area is 92.2 Å². The zero-order valence-electron chi connectivity index (χ0n) is 9.07. The standard InChI is InChI=1S/C12H11FN2O/c1-8-7-14-6-5-11(8)15-9(2)3-4-10(13)12(15)16/h3-7H,1-2H3. The van der Waals surface area contributed by atoms with Gasteiger partial charge in [-0.05, 0) is 37.6 Å². The molecule has 2 rings (SSSR count). The second-order valence-electron chi connectivity index (χ2n) is 3.63.